The highest BCUT2D eigenvalue weighted by atomic mass is 16.6. The molecule has 166 valence electrons. The summed E-state index contributed by atoms with van der Waals surface area (Å²) in [6.07, 6.45) is 6.08. The van der Waals surface area contributed by atoms with E-state index in [1.165, 1.54) is 26.3 Å². The van der Waals surface area contributed by atoms with Gasteiger partial charge < -0.3 is 14.9 Å². The minimum absolute atomic E-state index is 0.326. The van der Waals surface area contributed by atoms with Gasteiger partial charge in [-0.25, -0.2) is 10.6 Å². The Hall–Kier alpha value is -3.06. The minimum atomic E-state index is -0.388. The summed E-state index contributed by atoms with van der Waals surface area (Å²) in [5, 5.41) is 8.15. The van der Waals surface area contributed by atoms with Crippen LogP contribution in [0.4, 0.5) is 10.5 Å². The molecule has 7 nitrogen and oxygen atoms in total. The van der Waals surface area contributed by atoms with Crippen molar-refractivity contribution >= 4 is 17.4 Å². The lowest BCUT2D eigenvalue weighted by Gasteiger charge is -2.23. The Bertz CT molecular complexity index is 921. The van der Waals surface area contributed by atoms with Gasteiger partial charge in [-0.1, -0.05) is 42.6 Å². The number of benzene rings is 2. The lowest BCUT2D eigenvalue weighted by molar-refractivity contribution is 0.210. The number of amides is 2. The summed E-state index contributed by atoms with van der Waals surface area (Å²) in [6.45, 7) is 2.35. The molecule has 0 heterocycles. The van der Waals surface area contributed by atoms with Gasteiger partial charge in [0.05, 0.1) is 5.71 Å². The first-order valence-corrected chi connectivity index (χ1v) is 10.7. The Balaban J connectivity index is 1.73. The molecule has 3 rings (SSSR count). The molecule has 0 saturated heterocycles. The molecule has 31 heavy (non-hydrogen) atoms. The van der Waals surface area contributed by atoms with Gasteiger partial charge in [0.25, 0.3) is 0 Å². The maximum atomic E-state index is 11.9. The Morgan fingerprint density at radius 3 is 2.61 bits per heavy atom. The van der Waals surface area contributed by atoms with E-state index in [1.807, 2.05) is 43.3 Å². The Labute approximate surface area is 184 Å². The van der Waals surface area contributed by atoms with Gasteiger partial charge >= 0.3 is 6.03 Å². The molecule has 1 fully saturated rings. The largest absolute Gasteiger partial charge is 0.489 e. The molecule has 2 aromatic carbocycles. The average Bonchev–Trinajstić information content (AvgIpc) is 2.78. The van der Waals surface area contributed by atoms with Crippen molar-refractivity contribution in [2.75, 3.05) is 19.5 Å². The molecule has 2 aromatic rings. The summed E-state index contributed by atoms with van der Waals surface area (Å²) in [5.41, 5.74) is 4.67. The number of hydrogen-bond donors (Lipinski definition) is 2. The number of carbonyl (C=O) groups excluding carboxylic acids is 1. The smallest absolute Gasteiger partial charge is 0.335 e. The quantitative estimate of drug-likeness (QED) is 0.288. The zero-order chi connectivity index (χ0) is 22.2. The number of nitrogens with zero attached hydrogens (tertiary/aromatic N) is 2. The van der Waals surface area contributed by atoms with Crippen LogP contribution in [0.5, 0.6) is 5.75 Å². The van der Waals surface area contributed by atoms with Crippen molar-refractivity contribution in [1.82, 2.24) is 5.01 Å². The molecule has 1 aliphatic carbocycles. The van der Waals surface area contributed by atoms with Crippen LogP contribution in [0.15, 0.2) is 47.6 Å². The van der Waals surface area contributed by atoms with Crippen LogP contribution in [0.25, 0.3) is 0 Å². The minimum Gasteiger partial charge on any atom is -0.489 e. The zero-order valence-corrected chi connectivity index (χ0v) is 18.6. The third-order valence-corrected chi connectivity index (χ3v) is 5.61. The molecule has 0 unspecified atom stereocenters. The number of nitrogens with one attached hydrogen (secondary N) is 1. The number of nitrogens with two attached hydrogens (primary N) is 1. The molecule has 3 N–H and O–H groups in total. The van der Waals surface area contributed by atoms with Crippen molar-refractivity contribution in [1.29, 1.82) is 0 Å². The number of hydrogen-bond acceptors (Lipinski definition) is 5. The fraction of sp³-hybridized carbons (Fsp3) is 0.417. The van der Waals surface area contributed by atoms with E-state index >= 15 is 0 Å². The fourth-order valence-corrected chi connectivity index (χ4v) is 3.93. The van der Waals surface area contributed by atoms with E-state index in [2.05, 4.69) is 16.5 Å². The van der Waals surface area contributed by atoms with Gasteiger partial charge in [-0.3, -0.25) is 5.01 Å². The third kappa shape index (κ3) is 5.98. The molecule has 0 atom stereocenters. The van der Waals surface area contributed by atoms with Gasteiger partial charge in [-0.15, -0.1) is 0 Å². The number of hydrazine groups is 1. The fourth-order valence-electron chi connectivity index (χ4n) is 3.93. The predicted octanol–water partition coefficient (Wildman–Crippen LogP) is 4.84. The van der Waals surface area contributed by atoms with Crippen molar-refractivity contribution in [3.63, 3.8) is 0 Å². The molecule has 2 amide bonds. The van der Waals surface area contributed by atoms with Crippen molar-refractivity contribution in [2.24, 2.45) is 16.9 Å². The van der Waals surface area contributed by atoms with Crippen LogP contribution in [-0.4, -0.2) is 30.9 Å². The van der Waals surface area contributed by atoms with E-state index in [4.69, 9.17) is 15.4 Å². The van der Waals surface area contributed by atoms with E-state index in [1.54, 1.807) is 7.11 Å². The maximum Gasteiger partial charge on any atom is 0.335 e. The van der Waals surface area contributed by atoms with E-state index < -0.39 is 0 Å². The molecule has 7 heteroatoms. The molecule has 1 aliphatic rings. The molecule has 0 radical (unpaired) electrons. The number of urea groups is 1. The van der Waals surface area contributed by atoms with Crippen molar-refractivity contribution < 1.29 is 14.4 Å². The topological polar surface area (TPSA) is 89.2 Å². The maximum absolute atomic E-state index is 11.9. The van der Waals surface area contributed by atoms with Crippen LogP contribution < -0.4 is 15.9 Å². The predicted molar refractivity (Wildman–Crippen MR) is 123 cm³/mol. The normalized spacial score (nSPS) is 14.8. The third-order valence-electron chi connectivity index (χ3n) is 5.61. The zero-order valence-electron chi connectivity index (χ0n) is 18.6. The van der Waals surface area contributed by atoms with Crippen molar-refractivity contribution in [2.45, 2.75) is 45.6 Å². The number of anilines is 1. The van der Waals surface area contributed by atoms with Crippen LogP contribution >= 0.6 is 0 Å². The SMILES string of the molecule is CON=C(c1ccc(OCc2ccccc2NC(=O)N(C)N)c(C)c1)C1CCCCC1. The lowest BCUT2D eigenvalue weighted by Crippen LogP contribution is -2.37. The van der Waals surface area contributed by atoms with Gasteiger partial charge in [0.1, 0.15) is 19.5 Å². The van der Waals surface area contributed by atoms with Crippen molar-refractivity contribution in [3.8, 4) is 5.75 Å². The first kappa shape index (κ1) is 22.6. The molecular formula is C24H32N4O3. The number of oxime groups is 1. The van der Waals surface area contributed by atoms with Gasteiger partial charge in [-0.2, -0.15) is 0 Å². The second-order valence-corrected chi connectivity index (χ2v) is 7.96. The second-order valence-electron chi connectivity index (χ2n) is 7.96. The lowest BCUT2D eigenvalue weighted by atomic mass is 9.83. The standard InChI is InChI=1S/C24H32N4O3/c1-17-15-19(23(27-30-3)18-9-5-4-6-10-18)13-14-22(17)31-16-20-11-7-8-12-21(20)26-24(29)28(2)25/h7-8,11-15,18H,4-6,9-10,16,25H2,1-3H3,(H,26,29). The first-order valence-electron chi connectivity index (χ1n) is 10.7. The monoisotopic (exact) mass is 424 g/mol. The van der Waals surface area contributed by atoms with Crippen molar-refractivity contribution in [3.05, 3.63) is 59.2 Å². The molecular weight excluding hydrogens is 392 g/mol. The summed E-state index contributed by atoms with van der Waals surface area (Å²) < 4.78 is 6.08. The van der Waals surface area contributed by atoms with E-state index in [0.717, 1.165) is 46.0 Å². The molecule has 0 aliphatic heterocycles. The molecule has 0 bridgehead atoms. The second kappa shape index (κ2) is 10.8. The van der Waals surface area contributed by atoms with E-state index in [0.29, 0.717) is 18.2 Å². The van der Waals surface area contributed by atoms with Crippen LogP contribution in [0.1, 0.15) is 48.8 Å². The van der Waals surface area contributed by atoms with E-state index in [-0.39, 0.29) is 6.03 Å². The molecule has 0 aromatic heterocycles. The Morgan fingerprint density at radius 1 is 1.19 bits per heavy atom. The number of rotatable bonds is 7. The summed E-state index contributed by atoms with van der Waals surface area (Å²) in [4.78, 5) is 17.1. The van der Waals surface area contributed by atoms with Gasteiger partial charge in [0, 0.05) is 29.8 Å². The van der Waals surface area contributed by atoms with Gasteiger partial charge in [-0.05, 0) is 49.6 Å². The van der Waals surface area contributed by atoms with Crippen LogP contribution in [-0.2, 0) is 11.4 Å². The van der Waals surface area contributed by atoms with Gasteiger partial charge in [0.2, 0.25) is 0 Å². The van der Waals surface area contributed by atoms with E-state index in [9.17, 15) is 4.79 Å². The highest BCUT2D eigenvalue weighted by molar-refractivity contribution is 6.02. The number of carbonyl (C=O) groups is 1. The average molecular weight is 425 g/mol. The summed E-state index contributed by atoms with van der Waals surface area (Å²) in [7, 11) is 3.10. The number of ether oxygens (including phenoxy) is 1. The summed E-state index contributed by atoms with van der Waals surface area (Å²) in [6, 6.07) is 13.3. The Kier molecular flexibility index (Phi) is 7.89. The highest BCUT2D eigenvalue weighted by Crippen LogP contribution is 2.30. The summed E-state index contributed by atoms with van der Waals surface area (Å²) in [5.74, 6) is 6.74. The van der Waals surface area contributed by atoms with Crippen LogP contribution in [0.3, 0.4) is 0 Å². The molecule has 0 spiro atoms. The molecule has 1 saturated carbocycles. The van der Waals surface area contributed by atoms with Crippen LogP contribution in [0.2, 0.25) is 0 Å². The number of para-hydroxylation sites is 1. The van der Waals surface area contributed by atoms with Crippen LogP contribution in [0, 0.1) is 12.8 Å². The first-order chi connectivity index (χ1) is 15.0. The summed E-state index contributed by atoms with van der Waals surface area (Å²) >= 11 is 0. The highest BCUT2D eigenvalue weighted by Gasteiger charge is 2.22. The van der Waals surface area contributed by atoms with Gasteiger partial charge in [0.15, 0.2) is 0 Å². The Morgan fingerprint density at radius 2 is 1.94 bits per heavy atom. The number of aryl methyl sites for hydroxylation is 1.